The predicted molar refractivity (Wildman–Crippen MR) is 83.9 cm³/mol. The van der Waals surface area contributed by atoms with Crippen LogP contribution in [0.25, 0.3) is 0 Å². The number of aromatic amines is 1. The van der Waals surface area contributed by atoms with Crippen molar-refractivity contribution in [2.75, 3.05) is 30.4 Å². The van der Waals surface area contributed by atoms with Gasteiger partial charge in [0.25, 0.3) is 0 Å². The minimum atomic E-state index is -0.0593. The highest BCUT2D eigenvalue weighted by molar-refractivity contribution is 5.47. The molecule has 8 nitrogen and oxygen atoms in total. The molecule has 4 N–H and O–H groups in total. The van der Waals surface area contributed by atoms with Gasteiger partial charge in [-0.25, -0.2) is 4.98 Å². The van der Waals surface area contributed by atoms with Gasteiger partial charge in [0.2, 0.25) is 5.95 Å². The van der Waals surface area contributed by atoms with Crippen molar-refractivity contribution in [1.29, 1.82) is 0 Å². The quantitative estimate of drug-likeness (QED) is 0.748. The summed E-state index contributed by atoms with van der Waals surface area (Å²) < 4.78 is 5.45. The molecule has 23 heavy (non-hydrogen) atoms. The summed E-state index contributed by atoms with van der Waals surface area (Å²) in [7, 11) is 0. The minimum Gasteiger partial charge on any atom is -0.390 e. The molecule has 1 unspecified atom stereocenters. The van der Waals surface area contributed by atoms with Gasteiger partial charge in [-0.3, -0.25) is 5.10 Å². The molecule has 0 radical (unpaired) electrons. The number of aliphatic hydroxyl groups excluding tert-OH is 1. The van der Waals surface area contributed by atoms with Gasteiger partial charge in [0.05, 0.1) is 24.6 Å². The van der Waals surface area contributed by atoms with Crippen molar-refractivity contribution in [3.05, 3.63) is 28.7 Å². The second-order valence-corrected chi connectivity index (χ2v) is 6.03. The number of H-pyrrole nitrogens is 1. The van der Waals surface area contributed by atoms with E-state index in [0.717, 1.165) is 48.8 Å². The van der Waals surface area contributed by atoms with Crippen LogP contribution in [0, 0.1) is 0 Å². The SMILES string of the molecule is Nc1nc(C2CCOC2)cc(N2CCc3[nH]nc(CO)c3C2)n1. The summed E-state index contributed by atoms with van der Waals surface area (Å²) in [6.07, 6.45) is 1.81. The number of aliphatic hydroxyl groups is 1. The van der Waals surface area contributed by atoms with E-state index in [0.29, 0.717) is 30.7 Å². The molecule has 0 spiro atoms. The van der Waals surface area contributed by atoms with E-state index in [-0.39, 0.29) is 6.61 Å². The Kier molecular flexibility index (Phi) is 3.62. The zero-order valence-electron chi connectivity index (χ0n) is 12.8. The van der Waals surface area contributed by atoms with Gasteiger partial charge in [-0.05, 0) is 6.42 Å². The van der Waals surface area contributed by atoms with E-state index in [1.165, 1.54) is 0 Å². The van der Waals surface area contributed by atoms with Gasteiger partial charge in [-0.15, -0.1) is 0 Å². The Morgan fingerprint density at radius 3 is 3.13 bits per heavy atom. The Labute approximate surface area is 133 Å². The molecular weight excluding hydrogens is 296 g/mol. The lowest BCUT2D eigenvalue weighted by Gasteiger charge is -2.28. The van der Waals surface area contributed by atoms with Crippen molar-refractivity contribution in [3.8, 4) is 0 Å². The van der Waals surface area contributed by atoms with Crippen molar-refractivity contribution in [1.82, 2.24) is 20.2 Å². The highest BCUT2D eigenvalue weighted by Crippen LogP contribution is 2.29. The third kappa shape index (κ3) is 2.64. The van der Waals surface area contributed by atoms with Gasteiger partial charge in [0, 0.05) is 49.4 Å². The van der Waals surface area contributed by atoms with Gasteiger partial charge in [-0.2, -0.15) is 10.1 Å². The molecule has 8 heteroatoms. The Hall–Kier alpha value is -2.19. The maximum atomic E-state index is 9.41. The molecule has 1 atom stereocenters. The molecule has 2 aliphatic heterocycles. The van der Waals surface area contributed by atoms with Gasteiger partial charge in [0.1, 0.15) is 5.82 Å². The summed E-state index contributed by atoms with van der Waals surface area (Å²) in [6.45, 7) is 2.90. The fourth-order valence-corrected chi connectivity index (χ4v) is 3.29. The fraction of sp³-hybridized carbons (Fsp3) is 0.533. The first-order chi connectivity index (χ1) is 11.2. The second kappa shape index (κ2) is 5.78. The average molecular weight is 316 g/mol. The van der Waals surface area contributed by atoms with E-state index in [4.69, 9.17) is 10.5 Å². The minimum absolute atomic E-state index is 0.0593. The highest BCUT2D eigenvalue weighted by atomic mass is 16.5. The van der Waals surface area contributed by atoms with Crippen LogP contribution in [-0.2, 0) is 24.3 Å². The van der Waals surface area contributed by atoms with Crippen molar-refractivity contribution >= 4 is 11.8 Å². The summed E-state index contributed by atoms with van der Waals surface area (Å²) in [6, 6.07) is 2.01. The number of anilines is 2. The Morgan fingerprint density at radius 1 is 1.43 bits per heavy atom. The zero-order chi connectivity index (χ0) is 15.8. The van der Waals surface area contributed by atoms with E-state index in [9.17, 15) is 5.11 Å². The Balaban J connectivity index is 1.63. The molecule has 0 bridgehead atoms. The summed E-state index contributed by atoms with van der Waals surface area (Å²) in [4.78, 5) is 10.9. The maximum Gasteiger partial charge on any atom is 0.222 e. The zero-order valence-corrected chi connectivity index (χ0v) is 12.8. The predicted octanol–water partition coefficient (Wildman–Crippen LogP) is 0.341. The average Bonchev–Trinajstić information content (AvgIpc) is 3.23. The molecule has 122 valence electrons. The fourth-order valence-electron chi connectivity index (χ4n) is 3.29. The van der Waals surface area contributed by atoms with Gasteiger partial charge >= 0.3 is 0 Å². The van der Waals surface area contributed by atoms with Crippen LogP contribution in [0.5, 0.6) is 0 Å². The number of ether oxygens (including phenoxy) is 1. The molecule has 0 aliphatic carbocycles. The first kappa shape index (κ1) is 14.4. The standard InChI is InChI=1S/C15H20N6O2/c16-15-17-12(9-2-4-23-8-9)5-14(18-15)21-3-1-11-10(6-21)13(7-22)20-19-11/h5,9,22H,1-4,6-8H2,(H,19,20)(H2,16,17,18). The topological polar surface area (TPSA) is 113 Å². The van der Waals surface area contributed by atoms with Crippen LogP contribution in [0.3, 0.4) is 0 Å². The number of nitrogens with two attached hydrogens (primary N) is 1. The van der Waals surface area contributed by atoms with Crippen LogP contribution in [0.1, 0.15) is 35.0 Å². The summed E-state index contributed by atoms with van der Waals surface area (Å²) in [5.41, 5.74) is 9.72. The smallest absolute Gasteiger partial charge is 0.222 e. The Bertz CT molecular complexity index is 696. The lowest BCUT2D eigenvalue weighted by molar-refractivity contribution is 0.193. The van der Waals surface area contributed by atoms with Gasteiger partial charge in [-0.1, -0.05) is 0 Å². The van der Waals surface area contributed by atoms with Crippen molar-refractivity contribution < 1.29 is 9.84 Å². The summed E-state index contributed by atoms with van der Waals surface area (Å²) in [5, 5.41) is 16.6. The molecule has 4 rings (SSSR count). The highest BCUT2D eigenvalue weighted by Gasteiger charge is 2.25. The third-order valence-corrected chi connectivity index (χ3v) is 4.59. The Morgan fingerprint density at radius 2 is 2.35 bits per heavy atom. The number of nitrogens with zero attached hydrogens (tertiary/aromatic N) is 4. The van der Waals surface area contributed by atoms with Gasteiger partial charge in [0.15, 0.2) is 0 Å². The van der Waals surface area contributed by atoms with Crippen LogP contribution in [-0.4, -0.2) is 45.0 Å². The molecule has 0 saturated carbocycles. The summed E-state index contributed by atoms with van der Waals surface area (Å²) >= 11 is 0. The second-order valence-electron chi connectivity index (χ2n) is 6.03. The molecule has 2 aromatic heterocycles. The third-order valence-electron chi connectivity index (χ3n) is 4.59. The first-order valence-electron chi connectivity index (χ1n) is 7.87. The largest absolute Gasteiger partial charge is 0.390 e. The normalized spacial score (nSPS) is 20.7. The molecule has 4 heterocycles. The maximum absolute atomic E-state index is 9.41. The molecule has 2 aliphatic rings. The first-order valence-corrected chi connectivity index (χ1v) is 7.87. The number of nitrogen functional groups attached to an aromatic ring is 1. The number of fused-ring (bicyclic) bond motifs is 1. The van der Waals surface area contributed by atoms with E-state index in [1.54, 1.807) is 0 Å². The number of hydrogen-bond acceptors (Lipinski definition) is 7. The molecule has 0 aromatic carbocycles. The van der Waals surface area contributed by atoms with Crippen molar-refractivity contribution in [2.45, 2.75) is 31.9 Å². The molecule has 2 aromatic rings. The lowest BCUT2D eigenvalue weighted by atomic mass is 10.0. The van der Waals surface area contributed by atoms with Crippen LogP contribution >= 0.6 is 0 Å². The molecule has 1 fully saturated rings. The summed E-state index contributed by atoms with van der Waals surface area (Å²) in [5.74, 6) is 1.42. The molecular formula is C15H20N6O2. The van der Waals surface area contributed by atoms with Crippen molar-refractivity contribution in [2.24, 2.45) is 0 Å². The van der Waals surface area contributed by atoms with E-state index < -0.39 is 0 Å². The van der Waals surface area contributed by atoms with E-state index in [1.807, 2.05) is 6.07 Å². The van der Waals surface area contributed by atoms with Crippen LogP contribution in [0.2, 0.25) is 0 Å². The number of nitrogens with one attached hydrogen (secondary N) is 1. The number of aromatic nitrogens is 4. The number of hydrogen-bond donors (Lipinski definition) is 3. The molecule has 0 amide bonds. The van der Waals surface area contributed by atoms with Crippen LogP contribution in [0.15, 0.2) is 6.07 Å². The van der Waals surface area contributed by atoms with E-state index >= 15 is 0 Å². The van der Waals surface area contributed by atoms with Crippen LogP contribution < -0.4 is 10.6 Å². The van der Waals surface area contributed by atoms with Crippen molar-refractivity contribution in [3.63, 3.8) is 0 Å². The molecule has 1 saturated heterocycles. The van der Waals surface area contributed by atoms with Crippen LogP contribution in [0.4, 0.5) is 11.8 Å². The van der Waals surface area contributed by atoms with Gasteiger partial charge < -0.3 is 20.5 Å². The lowest BCUT2D eigenvalue weighted by Crippen LogP contribution is -2.31. The number of rotatable bonds is 3. The monoisotopic (exact) mass is 316 g/mol. The van der Waals surface area contributed by atoms with E-state index in [2.05, 4.69) is 25.1 Å².